The molecule has 3 amide bonds. The Morgan fingerprint density at radius 3 is 2.28 bits per heavy atom. The van der Waals surface area contributed by atoms with E-state index in [1.54, 1.807) is 36.2 Å². The number of rotatable bonds is 6. The maximum Gasteiger partial charge on any atom is 0.261 e. The van der Waals surface area contributed by atoms with Crippen molar-refractivity contribution in [2.45, 2.75) is 26.3 Å². The van der Waals surface area contributed by atoms with Gasteiger partial charge in [-0.15, -0.1) is 0 Å². The van der Waals surface area contributed by atoms with E-state index in [-0.39, 0.29) is 30.7 Å². The van der Waals surface area contributed by atoms with Gasteiger partial charge in [0.15, 0.2) is 0 Å². The zero-order chi connectivity index (χ0) is 18.0. The molecule has 0 N–H and O–H groups in total. The summed E-state index contributed by atoms with van der Waals surface area (Å²) in [5.74, 6) is 0.917. The van der Waals surface area contributed by atoms with Crippen molar-refractivity contribution in [2.75, 3.05) is 13.6 Å². The molecule has 0 aliphatic carbocycles. The average Bonchev–Trinajstić information content (AvgIpc) is 3.11. The van der Waals surface area contributed by atoms with Crippen molar-refractivity contribution in [1.29, 1.82) is 0 Å². The predicted molar refractivity (Wildman–Crippen MR) is 91.0 cm³/mol. The number of furan rings is 1. The van der Waals surface area contributed by atoms with Gasteiger partial charge in [0.2, 0.25) is 5.91 Å². The standard InChI is InChI=1S/C19H20N2O4/c1-13-9-10-14(25-13)12-20(2)17(22)8-5-11-21-18(23)15-6-3-4-7-16(15)19(21)24/h3-4,6-7,9-10H,5,8,11-12H2,1-2H3. The van der Waals surface area contributed by atoms with E-state index in [0.717, 1.165) is 11.5 Å². The third kappa shape index (κ3) is 3.47. The molecular formula is C19H20N2O4. The summed E-state index contributed by atoms with van der Waals surface area (Å²) in [6.45, 7) is 2.50. The number of amides is 3. The van der Waals surface area contributed by atoms with Crippen molar-refractivity contribution in [3.63, 3.8) is 0 Å². The topological polar surface area (TPSA) is 70.8 Å². The first-order valence-electron chi connectivity index (χ1n) is 8.22. The van der Waals surface area contributed by atoms with Gasteiger partial charge in [-0.3, -0.25) is 19.3 Å². The largest absolute Gasteiger partial charge is 0.464 e. The van der Waals surface area contributed by atoms with Gasteiger partial charge in [0, 0.05) is 20.0 Å². The van der Waals surface area contributed by atoms with Gasteiger partial charge in [-0.25, -0.2) is 0 Å². The molecule has 0 bridgehead atoms. The molecule has 1 aromatic carbocycles. The Labute approximate surface area is 146 Å². The number of hydrogen-bond acceptors (Lipinski definition) is 4. The number of carbonyl (C=O) groups excluding carboxylic acids is 3. The molecule has 6 nitrogen and oxygen atoms in total. The lowest BCUT2D eigenvalue weighted by Crippen LogP contribution is -2.32. The summed E-state index contributed by atoms with van der Waals surface area (Å²) in [7, 11) is 1.71. The molecule has 0 radical (unpaired) electrons. The fraction of sp³-hybridized carbons (Fsp3) is 0.316. The molecule has 3 rings (SSSR count). The number of benzene rings is 1. The molecular weight excluding hydrogens is 320 g/mol. The first-order chi connectivity index (χ1) is 12.0. The second-order valence-electron chi connectivity index (χ2n) is 6.17. The molecule has 2 aromatic rings. The molecule has 0 atom stereocenters. The average molecular weight is 340 g/mol. The fourth-order valence-electron chi connectivity index (χ4n) is 2.91. The van der Waals surface area contributed by atoms with E-state index in [9.17, 15) is 14.4 Å². The summed E-state index contributed by atoms with van der Waals surface area (Å²) >= 11 is 0. The van der Waals surface area contributed by atoms with Gasteiger partial charge in [0.05, 0.1) is 17.7 Å². The molecule has 0 fully saturated rings. The van der Waals surface area contributed by atoms with Crippen LogP contribution < -0.4 is 0 Å². The van der Waals surface area contributed by atoms with Crippen LogP contribution in [-0.2, 0) is 11.3 Å². The van der Waals surface area contributed by atoms with Crippen LogP contribution >= 0.6 is 0 Å². The van der Waals surface area contributed by atoms with Crippen LogP contribution in [0.4, 0.5) is 0 Å². The van der Waals surface area contributed by atoms with Crippen molar-refractivity contribution >= 4 is 17.7 Å². The SMILES string of the molecule is Cc1ccc(CN(C)C(=O)CCCN2C(=O)c3ccccc3C2=O)o1. The van der Waals surface area contributed by atoms with Crippen LogP contribution in [0.5, 0.6) is 0 Å². The summed E-state index contributed by atoms with van der Waals surface area (Å²) in [5.41, 5.74) is 0.869. The van der Waals surface area contributed by atoms with Crippen molar-refractivity contribution in [3.8, 4) is 0 Å². The van der Waals surface area contributed by atoms with Crippen LogP contribution in [0, 0.1) is 6.92 Å². The lowest BCUT2D eigenvalue weighted by Gasteiger charge is -2.17. The molecule has 1 aromatic heterocycles. The van der Waals surface area contributed by atoms with Gasteiger partial charge in [0.1, 0.15) is 11.5 Å². The van der Waals surface area contributed by atoms with E-state index >= 15 is 0 Å². The number of carbonyl (C=O) groups is 3. The van der Waals surface area contributed by atoms with Crippen LogP contribution in [0.1, 0.15) is 45.1 Å². The van der Waals surface area contributed by atoms with Gasteiger partial charge in [-0.1, -0.05) is 12.1 Å². The Kier molecular flexibility index (Phi) is 4.70. The minimum Gasteiger partial charge on any atom is -0.464 e. The second kappa shape index (κ2) is 6.93. The lowest BCUT2D eigenvalue weighted by atomic mass is 10.1. The molecule has 6 heteroatoms. The first-order valence-corrected chi connectivity index (χ1v) is 8.22. The van der Waals surface area contributed by atoms with E-state index in [1.807, 2.05) is 19.1 Å². The maximum atomic E-state index is 12.3. The first kappa shape index (κ1) is 17.0. The molecule has 2 heterocycles. The zero-order valence-electron chi connectivity index (χ0n) is 14.3. The molecule has 0 unspecified atom stereocenters. The molecule has 1 aliphatic heterocycles. The van der Waals surface area contributed by atoms with Crippen molar-refractivity contribution in [1.82, 2.24) is 9.80 Å². The van der Waals surface area contributed by atoms with E-state index in [1.165, 1.54) is 4.90 Å². The molecule has 1 aliphatic rings. The van der Waals surface area contributed by atoms with Crippen LogP contribution in [0.15, 0.2) is 40.8 Å². The van der Waals surface area contributed by atoms with Crippen LogP contribution in [0.25, 0.3) is 0 Å². The number of nitrogens with zero attached hydrogens (tertiary/aromatic N) is 2. The number of aryl methyl sites for hydroxylation is 1. The van der Waals surface area contributed by atoms with Gasteiger partial charge >= 0.3 is 0 Å². The predicted octanol–water partition coefficient (Wildman–Crippen LogP) is 2.62. The van der Waals surface area contributed by atoms with Gasteiger partial charge in [-0.2, -0.15) is 0 Å². The second-order valence-corrected chi connectivity index (χ2v) is 6.17. The Balaban J connectivity index is 1.50. The highest BCUT2D eigenvalue weighted by atomic mass is 16.3. The summed E-state index contributed by atoms with van der Waals surface area (Å²) in [6, 6.07) is 10.5. The summed E-state index contributed by atoms with van der Waals surface area (Å²) < 4.78 is 5.46. The fourth-order valence-corrected chi connectivity index (χ4v) is 2.91. The molecule has 25 heavy (non-hydrogen) atoms. The van der Waals surface area contributed by atoms with Gasteiger partial charge in [-0.05, 0) is 37.6 Å². The number of imide groups is 1. The quantitative estimate of drug-likeness (QED) is 0.758. The summed E-state index contributed by atoms with van der Waals surface area (Å²) in [6.07, 6.45) is 0.704. The highest BCUT2D eigenvalue weighted by Gasteiger charge is 2.34. The van der Waals surface area contributed by atoms with Gasteiger partial charge in [0.25, 0.3) is 11.8 Å². The highest BCUT2D eigenvalue weighted by molar-refractivity contribution is 6.21. The third-order valence-corrected chi connectivity index (χ3v) is 4.27. The maximum absolute atomic E-state index is 12.3. The Morgan fingerprint density at radius 2 is 1.72 bits per heavy atom. The summed E-state index contributed by atoms with van der Waals surface area (Å²) in [4.78, 5) is 39.5. The number of fused-ring (bicyclic) bond motifs is 1. The third-order valence-electron chi connectivity index (χ3n) is 4.27. The number of hydrogen-bond donors (Lipinski definition) is 0. The Bertz CT molecular complexity index is 789. The highest BCUT2D eigenvalue weighted by Crippen LogP contribution is 2.22. The molecule has 130 valence electrons. The minimum absolute atomic E-state index is 0.0503. The summed E-state index contributed by atoms with van der Waals surface area (Å²) in [5, 5.41) is 0. The van der Waals surface area contributed by atoms with E-state index in [4.69, 9.17) is 4.42 Å². The van der Waals surface area contributed by atoms with Crippen molar-refractivity contribution < 1.29 is 18.8 Å². The minimum atomic E-state index is -0.285. The molecule has 0 spiro atoms. The smallest absolute Gasteiger partial charge is 0.261 e. The van der Waals surface area contributed by atoms with E-state index in [0.29, 0.717) is 24.1 Å². The van der Waals surface area contributed by atoms with Crippen molar-refractivity contribution in [3.05, 3.63) is 59.0 Å². The van der Waals surface area contributed by atoms with Crippen LogP contribution in [0.3, 0.4) is 0 Å². The molecule has 0 saturated carbocycles. The normalized spacial score (nSPS) is 13.3. The Hall–Kier alpha value is -2.89. The monoisotopic (exact) mass is 340 g/mol. The van der Waals surface area contributed by atoms with Crippen LogP contribution in [0.2, 0.25) is 0 Å². The lowest BCUT2D eigenvalue weighted by molar-refractivity contribution is -0.130. The van der Waals surface area contributed by atoms with Crippen molar-refractivity contribution in [2.24, 2.45) is 0 Å². The van der Waals surface area contributed by atoms with E-state index < -0.39 is 0 Å². The van der Waals surface area contributed by atoms with Gasteiger partial charge < -0.3 is 9.32 Å². The Morgan fingerprint density at radius 1 is 1.08 bits per heavy atom. The molecule has 0 saturated heterocycles. The zero-order valence-corrected chi connectivity index (χ0v) is 14.3. The van der Waals surface area contributed by atoms with E-state index in [2.05, 4.69) is 0 Å². The van der Waals surface area contributed by atoms with Crippen LogP contribution in [-0.4, -0.2) is 41.1 Å².